The molecular formula is C18H28N2O. The Bertz CT molecular complexity index is 425. The normalized spacial score (nSPS) is 24.1. The van der Waals surface area contributed by atoms with Crippen LogP contribution in [0, 0.1) is 5.92 Å². The van der Waals surface area contributed by atoms with Gasteiger partial charge in [0.1, 0.15) is 5.75 Å². The third-order valence-corrected chi connectivity index (χ3v) is 4.78. The van der Waals surface area contributed by atoms with Crippen molar-refractivity contribution in [3.05, 3.63) is 24.3 Å². The Morgan fingerprint density at radius 1 is 1.10 bits per heavy atom. The second-order valence-electron chi connectivity index (χ2n) is 6.70. The highest BCUT2D eigenvalue weighted by atomic mass is 16.5. The van der Waals surface area contributed by atoms with Gasteiger partial charge in [0, 0.05) is 18.8 Å². The molecule has 1 saturated heterocycles. The van der Waals surface area contributed by atoms with Crippen LogP contribution in [0.25, 0.3) is 0 Å². The topological polar surface area (TPSA) is 24.5 Å². The maximum Gasteiger partial charge on any atom is 0.119 e. The minimum absolute atomic E-state index is 0.446. The number of anilines is 1. The monoisotopic (exact) mass is 288 g/mol. The van der Waals surface area contributed by atoms with Crippen molar-refractivity contribution >= 4 is 5.69 Å². The summed E-state index contributed by atoms with van der Waals surface area (Å²) in [6.45, 7) is 3.55. The summed E-state index contributed by atoms with van der Waals surface area (Å²) in [5.41, 5.74) is 1.21. The zero-order valence-corrected chi connectivity index (χ0v) is 13.2. The fourth-order valence-corrected chi connectivity index (χ4v) is 3.55. The molecule has 3 nitrogen and oxygen atoms in total. The molecule has 0 spiro atoms. The molecule has 0 radical (unpaired) electrons. The molecule has 116 valence electrons. The average molecular weight is 288 g/mol. The highest BCUT2D eigenvalue weighted by molar-refractivity contribution is 5.46. The van der Waals surface area contributed by atoms with E-state index in [4.69, 9.17) is 4.74 Å². The maximum absolute atomic E-state index is 6.00. The summed E-state index contributed by atoms with van der Waals surface area (Å²) in [4.78, 5) is 2.44. The molecule has 1 aromatic carbocycles. The van der Waals surface area contributed by atoms with Crippen LogP contribution in [0.15, 0.2) is 24.3 Å². The van der Waals surface area contributed by atoms with E-state index in [1.807, 2.05) is 0 Å². The summed E-state index contributed by atoms with van der Waals surface area (Å²) in [5, 5.41) is 3.57. The second-order valence-corrected chi connectivity index (χ2v) is 6.70. The van der Waals surface area contributed by atoms with Crippen molar-refractivity contribution in [2.24, 2.45) is 5.92 Å². The van der Waals surface area contributed by atoms with Crippen LogP contribution in [0.4, 0.5) is 5.69 Å². The Morgan fingerprint density at radius 2 is 1.86 bits per heavy atom. The van der Waals surface area contributed by atoms with Crippen molar-refractivity contribution in [3.8, 4) is 5.75 Å². The summed E-state index contributed by atoms with van der Waals surface area (Å²) in [6, 6.07) is 8.51. The number of benzene rings is 1. The van der Waals surface area contributed by atoms with Crippen LogP contribution in [-0.2, 0) is 0 Å². The van der Waals surface area contributed by atoms with Gasteiger partial charge in [-0.15, -0.1) is 0 Å². The van der Waals surface area contributed by atoms with Crippen LogP contribution in [0.3, 0.4) is 0 Å². The third kappa shape index (κ3) is 4.37. The number of piperidine rings is 1. The summed E-state index contributed by atoms with van der Waals surface area (Å²) in [6.07, 6.45) is 8.20. The number of rotatable bonds is 5. The van der Waals surface area contributed by atoms with E-state index in [0.29, 0.717) is 6.10 Å². The van der Waals surface area contributed by atoms with Crippen LogP contribution >= 0.6 is 0 Å². The Kier molecular flexibility index (Phi) is 5.02. The van der Waals surface area contributed by atoms with Crippen LogP contribution < -0.4 is 10.1 Å². The van der Waals surface area contributed by atoms with E-state index in [0.717, 1.165) is 18.2 Å². The van der Waals surface area contributed by atoms with Gasteiger partial charge in [-0.25, -0.2) is 0 Å². The fourth-order valence-electron chi connectivity index (χ4n) is 3.55. The van der Waals surface area contributed by atoms with Gasteiger partial charge in [-0.3, -0.25) is 0 Å². The molecule has 0 aromatic heterocycles. The smallest absolute Gasteiger partial charge is 0.119 e. The number of hydrogen-bond donors (Lipinski definition) is 1. The van der Waals surface area contributed by atoms with Crippen molar-refractivity contribution in [1.82, 2.24) is 4.90 Å². The molecule has 1 N–H and O–H groups in total. The summed E-state index contributed by atoms with van der Waals surface area (Å²) < 4.78 is 6.00. The minimum atomic E-state index is 0.446. The van der Waals surface area contributed by atoms with Gasteiger partial charge < -0.3 is 15.0 Å². The first-order valence-corrected chi connectivity index (χ1v) is 8.49. The zero-order chi connectivity index (χ0) is 14.5. The number of nitrogens with one attached hydrogen (secondary N) is 1. The average Bonchev–Trinajstić information content (AvgIpc) is 3.00. The molecular weight excluding hydrogens is 260 g/mol. The van der Waals surface area contributed by atoms with Crippen molar-refractivity contribution in [1.29, 1.82) is 0 Å². The zero-order valence-electron chi connectivity index (χ0n) is 13.2. The third-order valence-electron chi connectivity index (χ3n) is 4.78. The molecule has 21 heavy (non-hydrogen) atoms. The fraction of sp³-hybridized carbons (Fsp3) is 0.667. The molecule has 1 heterocycles. The molecule has 1 atom stereocenters. The highest BCUT2D eigenvalue weighted by Crippen LogP contribution is 2.25. The van der Waals surface area contributed by atoms with Crippen LogP contribution in [-0.4, -0.2) is 37.7 Å². The van der Waals surface area contributed by atoms with Gasteiger partial charge in [-0.1, -0.05) is 0 Å². The van der Waals surface area contributed by atoms with E-state index < -0.39 is 0 Å². The predicted octanol–water partition coefficient (Wildman–Crippen LogP) is 3.76. The second kappa shape index (κ2) is 7.17. The van der Waals surface area contributed by atoms with Crippen LogP contribution in [0.2, 0.25) is 0 Å². The van der Waals surface area contributed by atoms with Crippen LogP contribution in [0.5, 0.6) is 5.75 Å². The van der Waals surface area contributed by atoms with Gasteiger partial charge in [0.15, 0.2) is 0 Å². The van der Waals surface area contributed by atoms with Crippen molar-refractivity contribution in [2.45, 2.75) is 44.6 Å². The summed E-state index contributed by atoms with van der Waals surface area (Å²) in [7, 11) is 2.22. The molecule has 1 aliphatic carbocycles. The lowest BCUT2D eigenvalue weighted by Crippen LogP contribution is -2.35. The Hall–Kier alpha value is -1.22. The SMILES string of the molecule is CN1CCCC(CNc2ccc(OC3CCCC3)cc2)C1. The van der Waals surface area contributed by atoms with Crippen molar-refractivity contribution in [3.63, 3.8) is 0 Å². The molecule has 1 aromatic rings. The van der Waals surface area contributed by atoms with Crippen LogP contribution in [0.1, 0.15) is 38.5 Å². The number of hydrogen-bond acceptors (Lipinski definition) is 3. The molecule has 2 fully saturated rings. The van der Waals surface area contributed by atoms with Gasteiger partial charge >= 0.3 is 0 Å². The summed E-state index contributed by atoms with van der Waals surface area (Å²) in [5.74, 6) is 1.79. The molecule has 3 heteroatoms. The quantitative estimate of drug-likeness (QED) is 0.893. The predicted molar refractivity (Wildman–Crippen MR) is 88.0 cm³/mol. The van der Waals surface area contributed by atoms with E-state index in [1.165, 1.54) is 57.3 Å². The first kappa shape index (κ1) is 14.7. The first-order chi connectivity index (χ1) is 10.3. The standard InChI is InChI=1S/C18H28N2O/c1-20-12-4-5-15(14-20)13-19-16-8-10-18(11-9-16)21-17-6-2-3-7-17/h8-11,15,17,19H,2-7,12-14H2,1H3. The molecule has 1 unspecified atom stereocenters. The van der Waals surface area contributed by atoms with E-state index >= 15 is 0 Å². The molecule has 1 saturated carbocycles. The molecule has 3 rings (SSSR count). The van der Waals surface area contributed by atoms with Gasteiger partial charge in [-0.05, 0) is 82.3 Å². The van der Waals surface area contributed by atoms with Gasteiger partial charge in [0.05, 0.1) is 6.10 Å². The largest absolute Gasteiger partial charge is 0.490 e. The number of likely N-dealkylation sites (tertiary alicyclic amines) is 1. The van der Waals surface area contributed by atoms with Crippen molar-refractivity contribution in [2.75, 3.05) is 32.0 Å². The minimum Gasteiger partial charge on any atom is -0.490 e. The molecule has 0 bridgehead atoms. The maximum atomic E-state index is 6.00. The van der Waals surface area contributed by atoms with E-state index in [1.54, 1.807) is 0 Å². The van der Waals surface area contributed by atoms with E-state index in [9.17, 15) is 0 Å². The van der Waals surface area contributed by atoms with Crippen molar-refractivity contribution < 1.29 is 4.74 Å². The molecule has 1 aliphatic heterocycles. The first-order valence-electron chi connectivity index (χ1n) is 8.49. The lowest BCUT2D eigenvalue weighted by molar-refractivity contribution is 0.210. The lowest BCUT2D eigenvalue weighted by atomic mass is 9.98. The number of ether oxygens (including phenoxy) is 1. The lowest BCUT2D eigenvalue weighted by Gasteiger charge is -2.30. The van der Waals surface area contributed by atoms with E-state index in [2.05, 4.69) is 41.5 Å². The molecule has 0 amide bonds. The molecule has 2 aliphatic rings. The Balaban J connectivity index is 1.45. The summed E-state index contributed by atoms with van der Waals surface area (Å²) >= 11 is 0. The highest BCUT2D eigenvalue weighted by Gasteiger charge is 2.17. The Morgan fingerprint density at radius 3 is 2.57 bits per heavy atom. The van der Waals surface area contributed by atoms with Gasteiger partial charge in [-0.2, -0.15) is 0 Å². The van der Waals surface area contributed by atoms with E-state index in [-0.39, 0.29) is 0 Å². The van der Waals surface area contributed by atoms with Gasteiger partial charge in [0.25, 0.3) is 0 Å². The van der Waals surface area contributed by atoms with Gasteiger partial charge in [0.2, 0.25) is 0 Å². The Labute approximate surface area is 128 Å². The number of nitrogens with zero attached hydrogens (tertiary/aromatic N) is 1.